The Morgan fingerprint density at radius 1 is 1.23 bits per heavy atom. The van der Waals surface area contributed by atoms with Gasteiger partial charge in [-0.1, -0.05) is 0 Å². The fraction of sp³-hybridized carbons (Fsp3) is 0.552. The van der Waals surface area contributed by atoms with Gasteiger partial charge in [0.2, 0.25) is 0 Å². The molecule has 2 aliphatic carbocycles. The van der Waals surface area contributed by atoms with Crippen LogP contribution < -0.4 is 15.8 Å². The number of nitrogen functional groups attached to an aromatic ring is 1. The standard InChI is InChI=1S/C29H36N6O5/c1-15(16-2-3-16)34-12-19-10-18(11-23(24(19)29(34)38)40-20-7-9-39-14-20)21-6-8-35-27(31-21)25(26(30)33-35)28(37)32-22(13-36)17-4-5-17/h6,8,10-11,15-17,20,22,28,32,36-37H,2-5,7,9,12-14H2,1H3,(H2,30,33)/t15-,20+,22-,28?/m0/s1. The summed E-state index contributed by atoms with van der Waals surface area (Å²) in [5.74, 6) is 1.65. The van der Waals surface area contributed by atoms with Gasteiger partial charge in [-0.25, -0.2) is 9.50 Å². The summed E-state index contributed by atoms with van der Waals surface area (Å²) < 4.78 is 13.5. The van der Waals surface area contributed by atoms with E-state index < -0.39 is 6.23 Å². The van der Waals surface area contributed by atoms with Crippen molar-refractivity contribution < 1.29 is 24.5 Å². The molecule has 4 aliphatic rings. The smallest absolute Gasteiger partial charge is 0.258 e. The molecule has 1 aromatic carbocycles. The number of nitrogens with zero attached hydrogens (tertiary/aromatic N) is 4. The summed E-state index contributed by atoms with van der Waals surface area (Å²) in [5, 5.41) is 28.3. The van der Waals surface area contributed by atoms with Gasteiger partial charge in [0, 0.05) is 36.8 Å². The van der Waals surface area contributed by atoms with Gasteiger partial charge in [-0.3, -0.25) is 10.1 Å². The van der Waals surface area contributed by atoms with Crippen LogP contribution in [0.1, 0.15) is 66.7 Å². The van der Waals surface area contributed by atoms with Crippen molar-refractivity contribution in [1.82, 2.24) is 24.8 Å². The van der Waals surface area contributed by atoms with Crippen molar-refractivity contribution in [2.24, 2.45) is 11.8 Å². The molecule has 5 N–H and O–H groups in total. The molecule has 1 unspecified atom stereocenters. The number of nitrogens with one attached hydrogen (secondary N) is 1. The highest BCUT2D eigenvalue weighted by molar-refractivity contribution is 6.02. The quantitative estimate of drug-likeness (QED) is 0.280. The van der Waals surface area contributed by atoms with Crippen LogP contribution >= 0.6 is 0 Å². The van der Waals surface area contributed by atoms with E-state index in [0.29, 0.717) is 59.8 Å². The van der Waals surface area contributed by atoms with Gasteiger partial charge in [0.15, 0.2) is 11.5 Å². The molecule has 4 atom stereocenters. The summed E-state index contributed by atoms with van der Waals surface area (Å²) in [4.78, 5) is 20.4. The van der Waals surface area contributed by atoms with Crippen LogP contribution in [-0.2, 0) is 11.3 Å². The van der Waals surface area contributed by atoms with Crippen molar-refractivity contribution in [2.45, 2.75) is 70.0 Å². The van der Waals surface area contributed by atoms with Crippen LogP contribution in [0.3, 0.4) is 0 Å². The van der Waals surface area contributed by atoms with E-state index in [9.17, 15) is 15.0 Å². The maximum Gasteiger partial charge on any atom is 0.258 e. The first kappa shape index (κ1) is 25.7. The van der Waals surface area contributed by atoms with Crippen molar-refractivity contribution in [1.29, 1.82) is 0 Å². The summed E-state index contributed by atoms with van der Waals surface area (Å²) in [7, 11) is 0. The number of carbonyl (C=O) groups is 1. The highest BCUT2D eigenvalue weighted by atomic mass is 16.5. The maximum absolute atomic E-state index is 13.6. The van der Waals surface area contributed by atoms with Crippen LogP contribution in [0, 0.1) is 11.8 Å². The van der Waals surface area contributed by atoms with E-state index in [1.165, 1.54) is 0 Å². The Morgan fingerprint density at radius 3 is 2.73 bits per heavy atom. The normalized spacial score (nSPS) is 23.0. The molecule has 2 saturated carbocycles. The van der Waals surface area contributed by atoms with E-state index in [-0.39, 0.29) is 36.5 Å². The lowest BCUT2D eigenvalue weighted by Gasteiger charge is -2.24. The van der Waals surface area contributed by atoms with E-state index >= 15 is 0 Å². The SMILES string of the molecule is C[C@@H](C1CC1)N1Cc2cc(-c3ccn4nc(N)c(C(O)N[C@@H](CO)C5CC5)c4n3)cc(O[C@@H]3CCOC3)c2C1=O. The zero-order chi connectivity index (χ0) is 27.5. The van der Waals surface area contributed by atoms with Crippen LogP contribution in [0.2, 0.25) is 0 Å². The minimum absolute atomic E-state index is 0.0208. The Bertz CT molecular complexity index is 1440. The second kappa shape index (κ2) is 9.99. The Balaban J connectivity index is 1.26. The second-order valence-corrected chi connectivity index (χ2v) is 11.7. The molecule has 11 nitrogen and oxygen atoms in total. The molecule has 3 fully saturated rings. The molecule has 0 bridgehead atoms. The second-order valence-electron chi connectivity index (χ2n) is 11.7. The van der Waals surface area contributed by atoms with E-state index in [1.807, 2.05) is 23.1 Å². The molecule has 2 aliphatic heterocycles. The monoisotopic (exact) mass is 548 g/mol. The summed E-state index contributed by atoms with van der Waals surface area (Å²) in [5.41, 5.74) is 10.0. The first-order valence-electron chi connectivity index (χ1n) is 14.3. The van der Waals surface area contributed by atoms with Crippen molar-refractivity contribution >= 4 is 17.4 Å². The van der Waals surface area contributed by atoms with Crippen LogP contribution in [-0.4, -0.2) is 73.6 Å². The molecule has 2 aromatic heterocycles. The molecule has 212 valence electrons. The Hall–Kier alpha value is -3.25. The maximum atomic E-state index is 13.6. The van der Waals surface area contributed by atoms with Crippen LogP contribution in [0.5, 0.6) is 5.75 Å². The van der Waals surface area contributed by atoms with Crippen molar-refractivity contribution in [2.75, 3.05) is 25.6 Å². The molecule has 1 saturated heterocycles. The number of anilines is 1. The molecule has 11 heteroatoms. The van der Waals surface area contributed by atoms with E-state index in [4.69, 9.17) is 20.2 Å². The molecule has 0 spiro atoms. The topological polar surface area (TPSA) is 147 Å². The van der Waals surface area contributed by atoms with Gasteiger partial charge in [0.1, 0.15) is 18.1 Å². The summed E-state index contributed by atoms with van der Waals surface area (Å²) in [6.45, 7) is 3.75. The molecule has 40 heavy (non-hydrogen) atoms. The van der Waals surface area contributed by atoms with Gasteiger partial charge >= 0.3 is 0 Å². The summed E-state index contributed by atoms with van der Waals surface area (Å²) in [6.07, 6.45) is 5.67. The lowest BCUT2D eigenvalue weighted by molar-refractivity contribution is 0.0691. The Labute approximate surface area is 232 Å². The third-order valence-electron chi connectivity index (χ3n) is 8.85. The number of aromatic nitrogens is 3. The average Bonchev–Trinajstić information content (AvgIpc) is 3.86. The predicted octanol–water partition coefficient (Wildman–Crippen LogP) is 2.25. The molecule has 0 radical (unpaired) electrons. The number of hydrogen-bond acceptors (Lipinski definition) is 9. The first-order chi connectivity index (χ1) is 19.4. The van der Waals surface area contributed by atoms with Crippen LogP contribution in [0.4, 0.5) is 5.82 Å². The van der Waals surface area contributed by atoms with Crippen molar-refractivity contribution in [3.8, 4) is 17.0 Å². The number of benzene rings is 1. The molecule has 4 heterocycles. The summed E-state index contributed by atoms with van der Waals surface area (Å²) >= 11 is 0. The first-order valence-corrected chi connectivity index (χ1v) is 14.3. The van der Waals surface area contributed by atoms with Gasteiger partial charge < -0.3 is 30.3 Å². The van der Waals surface area contributed by atoms with Crippen LogP contribution in [0.15, 0.2) is 24.4 Å². The third kappa shape index (κ3) is 4.60. The zero-order valence-electron chi connectivity index (χ0n) is 22.6. The number of rotatable bonds is 10. The number of aliphatic hydroxyl groups excluding tert-OH is 2. The number of ether oxygens (including phenoxy) is 2. The number of fused-ring (bicyclic) bond motifs is 2. The molecule has 3 aromatic rings. The van der Waals surface area contributed by atoms with E-state index in [0.717, 1.165) is 43.2 Å². The highest BCUT2D eigenvalue weighted by Crippen LogP contribution is 2.42. The van der Waals surface area contributed by atoms with Crippen molar-refractivity contribution in [3.63, 3.8) is 0 Å². The number of amides is 1. The van der Waals surface area contributed by atoms with E-state index in [2.05, 4.69) is 17.3 Å². The average molecular weight is 549 g/mol. The molecular weight excluding hydrogens is 512 g/mol. The molecular formula is C29H36N6O5. The van der Waals surface area contributed by atoms with Gasteiger partial charge in [-0.2, -0.15) is 0 Å². The molecule has 1 amide bonds. The predicted molar refractivity (Wildman–Crippen MR) is 146 cm³/mol. The third-order valence-corrected chi connectivity index (χ3v) is 8.85. The van der Waals surface area contributed by atoms with E-state index in [1.54, 1.807) is 10.7 Å². The minimum Gasteiger partial charge on any atom is -0.487 e. The fourth-order valence-corrected chi connectivity index (χ4v) is 6.14. The lowest BCUT2D eigenvalue weighted by Crippen LogP contribution is -2.37. The minimum atomic E-state index is -1.13. The van der Waals surface area contributed by atoms with Crippen LogP contribution in [0.25, 0.3) is 16.9 Å². The number of hydrogen-bond donors (Lipinski definition) is 4. The van der Waals surface area contributed by atoms with Gasteiger partial charge in [0.25, 0.3) is 5.91 Å². The number of nitrogens with two attached hydrogens (primary N) is 1. The van der Waals surface area contributed by atoms with Gasteiger partial charge in [-0.15, -0.1) is 5.10 Å². The van der Waals surface area contributed by atoms with Gasteiger partial charge in [-0.05, 0) is 68.2 Å². The zero-order valence-corrected chi connectivity index (χ0v) is 22.6. The Morgan fingerprint density at radius 2 is 2.02 bits per heavy atom. The number of carbonyl (C=O) groups excluding carboxylic acids is 1. The largest absolute Gasteiger partial charge is 0.487 e. The summed E-state index contributed by atoms with van der Waals surface area (Å²) in [6, 6.07) is 5.72. The van der Waals surface area contributed by atoms with Gasteiger partial charge in [0.05, 0.1) is 36.6 Å². The number of aliphatic hydroxyl groups is 2. The Kier molecular flexibility index (Phi) is 6.42. The fourth-order valence-electron chi connectivity index (χ4n) is 6.14. The lowest BCUT2D eigenvalue weighted by atomic mass is 10.0. The highest BCUT2D eigenvalue weighted by Gasteiger charge is 2.41. The molecule has 7 rings (SSSR count). The van der Waals surface area contributed by atoms with Crippen molar-refractivity contribution in [3.05, 3.63) is 41.1 Å².